The van der Waals surface area contributed by atoms with Crippen LogP contribution in [0, 0.1) is 11.8 Å². The molecule has 0 bridgehead atoms. The van der Waals surface area contributed by atoms with Crippen molar-refractivity contribution in [1.29, 1.82) is 0 Å². The van der Waals surface area contributed by atoms with E-state index in [-0.39, 0.29) is 50.2 Å². The first-order valence-electron chi connectivity index (χ1n) is 12.9. The Morgan fingerprint density at radius 3 is 1.34 bits per heavy atom. The zero-order valence-electron chi connectivity index (χ0n) is 22.3. The highest BCUT2D eigenvalue weighted by molar-refractivity contribution is 5.01. The lowest BCUT2D eigenvalue weighted by atomic mass is 9.86. The molecule has 0 aromatic rings. The highest BCUT2D eigenvalue weighted by Crippen LogP contribution is 2.47. The van der Waals surface area contributed by atoms with Crippen LogP contribution in [0.2, 0.25) is 0 Å². The van der Waals surface area contributed by atoms with E-state index in [2.05, 4.69) is 6.92 Å². The van der Waals surface area contributed by atoms with Crippen LogP contribution in [0.4, 0.5) is 0 Å². The van der Waals surface area contributed by atoms with Crippen molar-refractivity contribution in [2.75, 3.05) is 33.0 Å². The van der Waals surface area contributed by atoms with Gasteiger partial charge in [-0.05, 0) is 47.0 Å². The number of hydrogen-bond donors (Lipinski definition) is 3. The second-order valence-corrected chi connectivity index (χ2v) is 11.0. The molecule has 206 valence electrons. The van der Waals surface area contributed by atoms with Crippen LogP contribution in [-0.2, 0) is 33.2 Å². The Morgan fingerprint density at radius 2 is 1.03 bits per heavy atom. The largest absolute Gasteiger partial charge is 0.393 e. The van der Waals surface area contributed by atoms with Crippen molar-refractivity contribution in [3.05, 3.63) is 0 Å². The van der Waals surface area contributed by atoms with Gasteiger partial charge in [0.1, 0.15) is 17.8 Å². The van der Waals surface area contributed by atoms with E-state index in [4.69, 9.17) is 33.2 Å². The van der Waals surface area contributed by atoms with E-state index < -0.39 is 29.1 Å². The van der Waals surface area contributed by atoms with Crippen LogP contribution in [0.3, 0.4) is 0 Å². The molecule has 10 heteroatoms. The molecule has 0 saturated carbocycles. The lowest BCUT2D eigenvalue weighted by Crippen LogP contribution is -2.45. The van der Waals surface area contributed by atoms with Crippen molar-refractivity contribution < 1.29 is 48.5 Å². The summed E-state index contributed by atoms with van der Waals surface area (Å²) in [5.41, 5.74) is -1.43. The molecule has 5 saturated heterocycles. The zero-order chi connectivity index (χ0) is 26.1. The number of aliphatic hydroxyl groups is 3. The van der Waals surface area contributed by atoms with Crippen LogP contribution in [0.15, 0.2) is 0 Å². The maximum atomic E-state index is 9.44. The van der Waals surface area contributed by atoms with Gasteiger partial charge in [0, 0.05) is 25.0 Å². The van der Waals surface area contributed by atoms with Gasteiger partial charge in [0.2, 0.25) is 0 Å². The van der Waals surface area contributed by atoms with E-state index in [9.17, 15) is 15.3 Å². The van der Waals surface area contributed by atoms with Gasteiger partial charge in [-0.2, -0.15) is 0 Å². The second kappa shape index (κ2) is 11.1. The minimum atomic E-state index is -0.939. The summed E-state index contributed by atoms with van der Waals surface area (Å²) in [5, 5.41) is 28.0. The average molecular weight is 507 g/mol. The topological polar surface area (TPSA) is 125 Å². The van der Waals surface area contributed by atoms with Crippen LogP contribution in [-0.4, -0.2) is 95.9 Å². The Labute approximate surface area is 209 Å². The Kier molecular flexibility index (Phi) is 9.29. The summed E-state index contributed by atoms with van der Waals surface area (Å²) in [6, 6.07) is 0. The summed E-state index contributed by atoms with van der Waals surface area (Å²) in [6.45, 7) is 14.9. The summed E-state index contributed by atoms with van der Waals surface area (Å²) < 4.78 is 39.0. The Bertz CT molecular complexity index is 612. The van der Waals surface area contributed by atoms with Crippen LogP contribution >= 0.6 is 0 Å². The minimum Gasteiger partial charge on any atom is -0.393 e. The van der Waals surface area contributed by atoms with E-state index in [1.807, 2.05) is 41.5 Å². The Balaban J connectivity index is 0.000000163. The molecule has 5 aliphatic heterocycles. The van der Waals surface area contributed by atoms with Crippen molar-refractivity contribution in [2.24, 2.45) is 11.8 Å². The number of rotatable bonds is 4. The van der Waals surface area contributed by atoms with Gasteiger partial charge < -0.3 is 48.5 Å². The fraction of sp³-hybridized carbons (Fsp3) is 1.00. The maximum Gasteiger partial charge on any atom is 0.188 e. The maximum absolute atomic E-state index is 9.44. The molecule has 0 unspecified atom stereocenters. The molecule has 3 N–H and O–H groups in total. The van der Waals surface area contributed by atoms with Gasteiger partial charge in [-0.25, -0.2) is 0 Å². The summed E-state index contributed by atoms with van der Waals surface area (Å²) in [6.07, 6.45) is 2.22. The van der Waals surface area contributed by atoms with Gasteiger partial charge >= 0.3 is 0 Å². The predicted octanol–water partition coefficient (Wildman–Crippen LogP) is 1.92. The highest BCUT2D eigenvalue weighted by Gasteiger charge is 2.60. The van der Waals surface area contributed by atoms with E-state index in [1.54, 1.807) is 0 Å². The van der Waals surface area contributed by atoms with Crippen LogP contribution in [0.5, 0.6) is 0 Å². The molecule has 35 heavy (non-hydrogen) atoms. The van der Waals surface area contributed by atoms with Crippen molar-refractivity contribution in [3.8, 4) is 0 Å². The molecule has 7 atom stereocenters. The zero-order valence-corrected chi connectivity index (χ0v) is 22.3. The molecule has 10 nitrogen and oxygen atoms in total. The molecule has 5 fully saturated rings. The van der Waals surface area contributed by atoms with E-state index in [0.717, 1.165) is 19.6 Å². The summed E-state index contributed by atoms with van der Waals surface area (Å²) in [7, 11) is 0. The van der Waals surface area contributed by atoms with Gasteiger partial charge in [0.15, 0.2) is 24.2 Å². The number of aliphatic hydroxyl groups excluding tert-OH is 3. The van der Waals surface area contributed by atoms with Crippen molar-refractivity contribution in [3.63, 3.8) is 0 Å². The SMILES string of the molecule is C1CCOC1.CC[C@@]1(CO)O[C@@H]2OC(C)(C)O[C@@H]2[C@@H]1C.C[C@H]1[C@H]2OC(C)(C)O[C@H]2OC1(CO)CO. The predicted molar refractivity (Wildman–Crippen MR) is 125 cm³/mol. The van der Waals surface area contributed by atoms with E-state index in [1.165, 1.54) is 12.8 Å². The molecule has 0 spiro atoms. The molecule has 0 radical (unpaired) electrons. The lowest BCUT2D eigenvalue weighted by molar-refractivity contribution is -0.244. The quantitative estimate of drug-likeness (QED) is 0.521. The lowest BCUT2D eigenvalue weighted by Gasteiger charge is -2.32. The average Bonchev–Trinajstić information content (AvgIpc) is 3.61. The molecule has 0 amide bonds. The standard InChI is InChI=1S/C11H20O4.C10H18O5.C4H8O/c1-5-11(6-12)7(2)8-9(15-11)14-10(3,4)13-8;1-6-7-8(14-9(2,3)13-7)15-10(6,4-11)5-12;1-2-4-5-3-1/h7-9,12H,5-6H2,1-4H3;6-8,11-12H,4-5H2,1-3H3;1-4H2/t7-,8+,9-,11-;6-,7+,8-;/m00./s1. The molecule has 0 aliphatic carbocycles. The number of ether oxygens (including phenoxy) is 7. The molecule has 5 rings (SSSR count). The van der Waals surface area contributed by atoms with Crippen LogP contribution < -0.4 is 0 Å². The smallest absolute Gasteiger partial charge is 0.188 e. The second-order valence-electron chi connectivity index (χ2n) is 11.0. The Morgan fingerprint density at radius 1 is 0.629 bits per heavy atom. The molecule has 5 aliphatic rings. The fourth-order valence-electron chi connectivity index (χ4n) is 5.27. The normalized spacial score (nSPS) is 42.0. The third-order valence-corrected chi connectivity index (χ3v) is 7.75. The van der Waals surface area contributed by atoms with Crippen LogP contribution in [0.25, 0.3) is 0 Å². The first kappa shape index (κ1) is 29.2. The molecular weight excluding hydrogens is 460 g/mol. The van der Waals surface area contributed by atoms with Crippen LogP contribution in [0.1, 0.15) is 67.7 Å². The molecule has 0 aromatic heterocycles. The summed E-state index contributed by atoms with van der Waals surface area (Å²) in [4.78, 5) is 0. The van der Waals surface area contributed by atoms with Crippen molar-refractivity contribution >= 4 is 0 Å². The highest BCUT2D eigenvalue weighted by atomic mass is 16.8. The Hall–Kier alpha value is -0.400. The van der Waals surface area contributed by atoms with Gasteiger partial charge in [-0.15, -0.1) is 0 Å². The van der Waals surface area contributed by atoms with Gasteiger partial charge in [0.25, 0.3) is 0 Å². The monoisotopic (exact) mass is 506 g/mol. The fourth-order valence-corrected chi connectivity index (χ4v) is 5.27. The number of fused-ring (bicyclic) bond motifs is 2. The third kappa shape index (κ3) is 6.03. The first-order valence-corrected chi connectivity index (χ1v) is 12.9. The minimum absolute atomic E-state index is 0.0187. The van der Waals surface area contributed by atoms with Crippen molar-refractivity contribution in [1.82, 2.24) is 0 Å². The van der Waals surface area contributed by atoms with E-state index >= 15 is 0 Å². The summed E-state index contributed by atoms with van der Waals surface area (Å²) >= 11 is 0. The third-order valence-electron chi connectivity index (χ3n) is 7.75. The molecule has 5 heterocycles. The molecule has 0 aromatic carbocycles. The van der Waals surface area contributed by atoms with Crippen molar-refractivity contribution in [2.45, 2.75) is 115 Å². The first-order chi connectivity index (χ1) is 16.4. The van der Waals surface area contributed by atoms with Gasteiger partial charge in [0.05, 0.1) is 25.4 Å². The summed E-state index contributed by atoms with van der Waals surface area (Å²) in [5.74, 6) is -1.17. The number of hydrogen-bond acceptors (Lipinski definition) is 10. The van der Waals surface area contributed by atoms with Gasteiger partial charge in [-0.3, -0.25) is 0 Å². The van der Waals surface area contributed by atoms with E-state index in [0.29, 0.717) is 0 Å². The van der Waals surface area contributed by atoms with Gasteiger partial charge in [-0.1, -0.05) is 20.8 Å². The molecular formula is C25H46O10.